The summed E-state index contributed by atoms with van der Waals surface area (Å²) in [6, 6.07) is 4.21. The number of aryl methyl sites for hydroxylation is 3. The molecule has 0 aliphatic rings. The zero-order valence-electron chi connectivity index (χ0n) is 11.8. The molecular formula is C15H21NOS. The molecule has 18 heavy (non-hydrogen) atoms. The van der Waals surface area contributed by atoms with E-state index in [9.17, 15) is 4.79 Å². The van der Waals surface area contributed by atoms with Gasteiger partial charge in [-0.1, -0.05) is 35.5 Å². The fraction of sp³-hybridized carbons (Fsp3) is 0.400. The molecule has 0 saturated heterocycles. The van der Waals surface area contributed by atoms with Gasteiger partial charge in [0, 0.05) is 18.0 Å². The van der Waals surface area contributed by atoms with E-state index in [4.69, 9.17) is 0 Å². The minimum Gasteiger partial charge on any atom is -0.306 e. The summed E-state index contributed by atoms with van der Waals surface area (Å²) in [5.74, 6) is 0. The van der Waals surface area contributed by atoms with Crippen LogP contribution in [0.5, 0.6) is 0 Å². The quantitative estimate of drug-likeness (QED) is 0.750. The van der Waals surface area contributed by atoms with E-state index in [1.54, 1.807) is 11.0 Å². The Bertz CT molecular complexity index is 445. The standard InChI is InChI=1S/C15H21NOS/c1-7-13(5)18-15(17)16(6)14-11(3)8-10(2)9-12(14)4/h7-9,13H,1H2,2-6H3. The lowest BCUT2D eigenvalue weighted by Gasteiger charge is -2.22. The monoisotopic (exact) mass is 263 g/mol. The highest BCUT2D eigenvalue weighted by atomic mass is 32.2. The van der Waals surface area contributed by atoms with Crippen molar-refractivity contribution in [2.75, 3.05) is 11.9 Å². The van der Waals surface area contributed by atoms with E-state index in [0.29, 0.717) is 0 Å². The molecule has 0 aliphatic heterocycles. The minimum absolute atomic E-state index is 0.0532. The zero-order chi connectivity index (χ0) is 13.9. The Kier molecular flexibility index (Phi) is 5.03. The van der Waals surface area contributed by atoms with E-state index in [2.05, 4.69) is 25.6 Å². The SMILES string of the molecule is C=CC(C)SC(=O)N(C)c1c(C)cc(C)cc1C. The van der Waals surface area contributed by atoms with Gasteiger partial charge in [-0.25, -0.2) is 0 Å². The summed E-state index contributed by atoms with van der Waals surface area (Å²) >= 11 is 1.29. The van der Waals surface area contributed by atoms with Crippen molar-refractivity contribution in [1.29, 1.82) is 0 Å². The second kappa shape index (κ2) is 6.10. The van der Waals surface area contributed by atoms with Gasteiger partial charge in [-0.05, 0) is 38.8 Å². The first kappa shape index (κ1) is 14.8. The molecule has 1 rings (SSSR count). The maximum atomic E-state index is 12.1. The second-order valence-electron chi connectivity index (χ2n) is 4.63. The van der Waals surface area contributed by atoms with Gasteiger partial charge in [0.05, 0.1) is 0 Å². The van der Waals surface area contributed by atoms with E-state index in [0.717, 1.165) is 16.8 Å². The predicted octanol–water partition coefficient (Wildman–Crippen LogP) is 4.48. The molecule has 3 heteroatoms. The topological polar surface area (TPSA) is 20.3 Å². The first-order valence-electron chi connectivity index (χ1n) is 6.01. The van der Waals surface area contributed by atoms with Crippen molar-refractivity contribution in [2.24, 2.45) is 0 Å². The summed E-state index contributed by atoms with van der Waals surface area (Å²) in [5.41, 5.74) is 4.50. The highest BCUT2D eigenvalue weighted by Gasteiger charge is 2.17. The maximum Gasteiger partial charge on any atom is 0.286 e. The Hall–Kier alpha value is -1.22. The number of benzene rings is 1. The molecule has 0 fully saturated rings. The summed E-state index contributed by atoms with van der Waals surface area (Å²) in [6.45, 7) is 11.8. The molecule has 0 bridgehead atoms. The number of hydrogen-bond acceptors (Lipinski definition) is 2. The lowest BCUT2D eigenvalue weighted by atomic mass is 10.0. The first-order valence-corrected chi connectivity index (χ1v) is 6.89. The fourth-order valence-electron chi connectivity index (χ4n) is 2.08. The summed E-state index contributed by atoms with van der Waals surface area (Å²) in [6.07, 6.45) is 1.78. The lowest BCUT2D eigenvalue weighted by Crippen LogP contribution is -2.25. The average Bonchev–Trinajstić information content (AvgIpc) is 2.27. The Balaban J connectivity index is 3.00. The van der Waals surface area contributed by atoms with E-state index >= 15 is 0 Å². The smallest absolute Gasteiger partial charge is 0.286 e. The molecule has 0 radical (unpaired) electrons. The Labute approximate surface area is 114 Å². The van der Waals surface area contributed by atoms with Crippen LogP contribution in [0.1, 0.15) is 23.6 Å². The Morgan fingerprint density at radius 2 is 1.83 bits per heavy atom. The molecule has 0 aromatic heterocycles. The zero-order valence-corrected chi connectivity index (χ0v) is 12.6. The van der Waals surface area contributed by atoms with Gasteiger partial charge >= 0.3 is 0 Å². The van der Waals surface area contributed by atoms with Crippen LogP contribution in [-0.4, -0.2) is 17.5 Å². The van der Waals surface area contributed by atoms with Gasteiger partial charge in [-0.2, -0.15) is 0 Å². The number of hydrogen-bond donors (Lipinski definition) is 0. The number of anilines is 1. The highest BCUT2D eigenvalue weighted by molar-refractivity contribution is 8.14. The van der Waals surface area contributed by atoms with Crippen LogP contribution in [0.3, 0.4) is 0 Å². The third-order valence-electron chi connectivity index (χ3n) is 2.86. The summed E-state index contributed by atoms with van der Waals surface area (Å²) < 4.78 is 0. The third-order valence-corrected chi connectivity index (χ3v) is 3.90. The largest absolute Gasteiger partial charge is 0.306 e. The highest BCUT2D eigenvalue weighted by Crippen LogP contribution is 2.28. The number of amides is 1. The molecule has 98 valence electrons. The first-order chi connectivity index (χ1) is 8.36. The van der Waals surface area contributed by atoms with Crippen LogP contribution in [0.25, 0.3) is 0 Å². The minimum atomic E-state index is 0.0532. The van der Waals surface area contributed by atoms with Gasteiger partial charge in [-0.3, -0.25) is 4.79 Å². The fourth-order valence-corrected chi connectivity index (χ4v) is 2.74. The van der Waals surface area contributed by atoms with Crippen LogP contribution in [0, 0.1) is 20.8 Å². The molecule has 0 N–H and O–H groups in total. The molecule has 1 amide bonds. The van der Waals surface area contributed by atoms with Gasteiger partial charge in [0.2, 0.25) is 0 Å². The molecule has 1 aromatic rings. The number of rotatable bonds is 3. The van der Waals surface area contributed by atoms with Gasteiger partial charge in [0.25, 0.3) is 5.24 Å². The van der Waals surface area contributed by atoms with Gasteiger partial charge in [0.1, 0.15) is 0 Å². The molecule has 1 atom stereocenters. The van der Waals surface area contributed by atoms with E-state index in [1.165, 1.54) is 17.3 Å². The molecule has 2 nitrogen and oxygen atoms in total. The molecule has 0 spiro atoms. The predicted molar refractivity (Wildman–Crippen MR) is 81.7 cm³/mol. The van der Waals surface area contributed by atoms with Crippen LogP contribution in [0.4, 0.5) is 10.5 Å². The summed E-state index contributed by atoms with van der Waals surface area (Å²) in [4.78, 5) is 13.9. The van der Waals surface area contributed by atoms with Crippen molar-refractivity contribution in [3.63, 3.8) is 0 Å². The molecule has 0 heterocycles. The Morgan fingerprint density at radius 3 is 2.28 bits per heavy atom. The summed E-state index contributed by atoms with van der Waals surface area (Å²) in [5, 5.41) is 0.184. The van der Waals surface area contributed by atoms with E-state index in [1.807, 2.05) is 27.8 Å². The number of carbonyl (C=O) groups excluding carboxylic acids is 1. The van der Waals surface area contributed by atoms with Crippen LogP contribution in [0.15, 0.2) is 24.8 Å². The van der Waals surface area contributed by atoms with Crippen molar-refractivity contribution >= 4 is 22.7 Å². The van der Waals surface area contributed by atoms with Crippen molar-refractivity contribution < 1.29 is 4.79 Å². The third kappa shape index (κ3) is 3.39. The molecule has 1 unspecified atom stereocenters. The lowest BCUT2D eigenvalue weighted by molar-refractivity contribution is 0.266. The summed E-state index contributed by atoms with van der Waals surface area (Å²) in [7, 11) is 1.83. The Morgan fingerprint density at radius 1 is 1.33 bits per heavy atom. The van der Waals surface area contributed by atoms with Gasteiger partial charge < -0.3 is 4.90 Å². The van der Waals surface area contributed by atoms with E-state index < -0.39 is 0 Å². The second-order valence-corrected chi connectivity index (χ2v) is 5.96. The van der Waals surface area contributed by atoms with Crippen LogP contribution in [0.2, 0.25) is 0 Å². The van der Waals surface area contributed by atoms with Crippen molar-refractivity contribution in [3.05, 3.63) is 41.5 Å². The molecular weight excluding hydrogens is 242 g/mol. The normalized spacial score (nSPS) is 12.1. The van der Waals surface area contributed by atoms with Gasteiger partial charge in [-0.15, -0.1) is 6.58 Å². The number of carbonyl (C=O) groups is 1. The van der Waals surface area contributed by atoms with Gasteiger partial charge in [0.15, 0.2) is 0 Å². The number of nitrogens with zero attached hydrogens (tertiary/aromatic N) is 1. The van der Waals surface area contributed by atoms with E-state index in [-0.39, 0.29) is 10.5 Å². The van der Waals surface area contributed by atoms with Crippen molar-refractivity contribution in [2.45, 2.75) is 32.9 Å². The van der Waals surface area contributed by atoms with Crippen molar-refractivity contribution in [3.8, 4) is 0 Å². The number of thioether (sulfide) groups is 1. The van der Waals surface area contributed by atoms with Crippen LogP contribution >= 0.6 is 11.8 Å². The van der Waals surface area contributed by atoms with Crippen LogP contribution < -0.4 is 4.90 Å². The van der Waals surface area contributed by atoms with Crippen LogP contribution in [-0.2, 0) is 0 Å². The van der Waals surface area contributed by atoms with Crippen molar-refractivity contribution in [1.82, 2.24) is 0 Å². The maximum absolute atomic E-state index is 12.1. The molecule has 1 aromatic carbocycles. The average molecular weight is 263 g/mol. The molecule has 0 aliphatic carbocycles. The molecule has 0 saturated carbocycles.